The number of nitrogens with zero attached hydrogens (tertiary/aromatic N) is 4. The molecule has 3 aromatic rings. The first kappa shape index (κ1) is 17.4. The second kappa shape index (κ2) is 8.08. The first-order valence-electron chi connectivity index (χ1n) is 8.27. The molecule has 6 nitrogen and oxygen atoms in total. The molecule has 2 heterocycles. The molecule has 0 aliphatic heterocycles. The van der Waals surface area contributed by atoms with Crippen LogP contribution in [0.2, 0.25) is 0 Å². The first-order valence-corrected chi connectivity index (χ1v) is 8.27. The normalized spacial score (nSPS) is 10.3. The van der Waals surface area contributed by atoms with Crippen LogP contribution in [0.1, 0.15) is 28.2 Å². The standard InChI is InChI=1S/C20H18N4O2/c1-15-18(26-19(23-15)17-8-3-2-4-9-17)20(25)24(12-6-10-21)14-16-7-5-11-22-13-16/h2-5,7-9,11,13H,6,12,14H2,1H3. The van der Waals surface area contributed by atoms with Crippen molar-refractivity contribution in [2.75, 3.05) is 6.54 Å². The lowest BCUT2D eigenvalue weighted by Crippen LogP contribution is -2.31. The number of carbonyl (C=O) groups is 1. The summed E-state index contributed by atoms with van der Waals surface area (Å²) in [5, 5.41) is 8.90. The van der Waals surface area contributed by atoms with Crippen molar-refractivity contribution in [1.29, 1.82) is 5.26 Å². The van der Waals surface area contributed by atoms with E-state index in [4.69, 9.17) is 9.68 Å². The van der Waals surface area contributed by atoms with Gasteiger partial charge >= 0.3 is 0 Å². The molecule has 3 rings (SSSR count). The van der Waals surface area contributed by atoms with Crippen molar-refractivity contribution in [2.45, 2.75) is 19.9 Å². The molecule has 0 radical (unpaired) electrons. The van der Waals surface area contributed by atoms with E-state index in [1.54, 1.807) is 24.2 Å². The fourth-order valence-electron chi connectivity index (χ4n) is 2.59. The summed E-state index contributed by atoms with van der Waals surface area (Å²) in [6.07, 6.45) is 3.62. The van der Waals surface area contributed by atoms with Crippen molar-refractivity contribution >= 4 is 5.91 Å². The Morgan fingerprint density at radius 3 is 2.73 bits per heavy atom. The molecule has 6 heteroatoms. The summed E-state index contributed by atoms with van der Waals surface area (Å²) < 4.78 is 5.76. The Morgan fingerprint density at radius 2 is 2.04 bits per heavy atom. The maximum Gasteiger partial charge on any atom is 0.291 e. The van der Waals surface area contributed by atoms with Crippen LogP contribution in [0.15, 0.2) is 59.3 Å². The smallest absolute Gasteiger partial charge is 0.291 e. The lowest BCUT2D eigenvalue weighted by molar-refractivity contribution is 0.0714. The number of amides is 1. The lowest BCUT2D eigenvalue weighted by Gasteiger charge is -2.20. The van der Waals surface area contributed by atoms with Gasteiger partial charge in [-0.05, 0) is 30.7 Å². The molecule has 1 amide bonds. The first-order chi connectivity index (χ1) is 12.7. The summed E-state index contributed by atoms with van der Waals surface area (Å²) in [4.78, 5) is 23.0. The van der Waals surface area contributed by atoms with Crippen LogP contribution < -0.4 is 0 Å². The van der Waals surface area contributed by atoms with Crippen molar-refractivity contribution in [1.82, 2.24) is 14.9 Å². The zero-order valence-electron chi connectivity index (χ0n) is 14.4. The Hall–Kier alpha value is -3.46. The fraction of sp³-hybridized carbons (Fsp3) is 0.200. The molecule has 0 spiro atoms. The Balaban J connectivity index is 1.87. The number of hydrogen-bond acceptors (Lipinski definition) is 5. The van der Waals surface area contributed by atoms with Crippen molar-refractivity contribution in [3.63, 3.8) is 0 Å². The lowest BCUT2D eigenvalue weighted by atomic mass is 10.2. The minimum absolute atomic E-state index is 0.200. The highest BCUT2D eigenvalue weighted by atomic mass is 16.4. The number of aryl methyl sites for hydroxylation is 1. The van der Waals surface area contributed by atoms with Gasteiger partial charge in [0.05, 0.1) is 18.2 Å². The van der Waals surface area contributed by atoms with Gasteiger partial charge in [-0.15, -0.1) is 0 Å². The van der Waals surface area contributed by atoms with E-state index in [2.05, 4.69) is 16.0 Å². The number of pyridine rings is 1. The number of carbonyl (C=O) groups excluding carboxylic acids is 1. The van der Waals surface area contributed by atoms with Crippen LogP contribution in [0.25, 0.3) is 11.5 Å². The van der Waals surface area contributed by atoms with Crippen LogP contribution in [-0.2, 0) is 6.54 Å². The van der Waals surface area contributed by atoms with Crippen LogP contribution in [0.5, 0.6) is 0 Å². The fourth-order valence-corrected chi connectivity index (χ4v) is 2.59. The molecular formula is C20H18N4O2. The quantitative estimate of drug-likeness (QED) is 0.681. The summed E-state index contributed by atoms with van der Waals surface area (Å²) in [7, 11) is 0. The molecule has 0 bridgehead atoms. The second-order valence-electron chi connectivity index (χ2n) is 5.80. The number of oxazole rings is 1. The van der Waals surface area contributed by atoms with Gasteiger partial charge < -0.3 is 9.32 Å². The molecule has 1 aromatic carbocycles. The van der Waals surface area contributed by atoms with Crippen LogP contribution >= 0.6 is 0 Å². The molecule has 0 atom stereocenters. The van der Waals surface area contributed by atoms with E-state index in [9.17, 15) is 4.79 Å². The van der Waals surface area contributed by atoms with Gasteiger partial charge in [-0.25, -0.2) is 4.98 Å². The molecule has 26 heavy (non-hydrogen) atoms. The Labute approximate surface area is 151 Å². The van der Waals surface area contributed by atoms with Crippen molar-refractivity contribution in [2.24, 2.45) is 0 Å². The minimum atomic E-state index is -0.281. The third kappa shape index (κ3) is 3.95. The molecule has 0 saturated heterocycles. The maximum atomic E-state index is 13.0. The molecule has 130 valence electrons. The maximum absolute atomic E-state index is 13.0. The van der Waals surface area contributed by atoms with Crippen LogP contribution in [0.4, 0.5) is 0 Å². The summed E-state index contributed by atoms with van der Waals surface area (Å²) >= 11 is 0. The number of nitriles is 1. The summed E-state index contributed by atoms with van der Waals surface area (Å²) in [5.74, 6) is 0.329. The molecule has 2 aromatic heterocycles. The topological polar surface area (TPSA) is 83.0 Å². The van der Waals surface area contributed by atoms with E-state index in [-0.39, 0.29) is 18.1 Å². The molecule has 0 aliphatic carbocycles. The number of benzene rings is 1. The SMILES string of the molecule is Cc1nc(-c2ccccc2)oc1C(=O)N(CCC#N)Cc1cccnc1. The summed E-state index contributed by atoms with van der Waals surface area (Å²) in [5.41, 5.74) is 2.23. The predicted octanol–water partition coefficient (Wildman–Crippen LogP) is 3.60. The summed E-state index contributed by atoms with van der Waals surface area (Å²) in [6.45, 7) is 2.41. The van der Waals surface area contributed by atoms with Crippen molar-refractivity contribution < 1.29 is 9.21 Å². The Bertz CT molecular complexity index is 914. The zero-order valence-corrected chi connectivity index (χ0v) is 14.4. The second-order valence-corrected chi connectivity index (χ2v) is 5.80. The summed E-state index contributed by atoms with van der Waals surface area (Å²) in [6, 6.07) is 15.2. The van der Waals surface area contributed by atoms with Crippen LogP contribution in [0, 0.1) is 18.3 Å². The van der Waals surface area contributed by atoms with E-state index < -0.39 is 0 Å². The van der Waals surface area contributed by atoms with Gasteiger partial charge in [0, 0.05) is 31.0 Å². The van der Waals surface area contributed by atoms with Gasteiger partial charge in [0.2, 0.25) is 11.7 Å². The van der Waals surface area contributed by atoms with Gasteiger partial charge in [-0.1, -0.05) is 24.3 Å². The van der Waals surface area contributed by atoms with E-state index >= 15 is 0 Å². The highest BCUT2D eigenvalue weighted by molar-refractivity contribution is 5.92. The third-order valence-corrected chi connectivity index (χ3v) is 3.89. The number of aromatic nitrogens is 2. The van der Waals surface area contributed by atoms with Crippen LogP contribution in [-0.4, -0.2) is 27.3 Å². The minimum Gasteiger partial charge on any atom is -0.431 e. The zero-order chi connectivity index (χ0) is 18.4. The van der Waals surface area contributed by atoms with E-state index in [0.717, 1.165) is 11.1 Å². The van der Waals surface area contributed by atoms with Gasteiger partial charge in [0.25, 0.3) is 5.91 Å². The molecule has 0 aliphatic rings. The average Bonchev–Trinajstić information content (AvgIpc) is 3.08. The van der Waals surface area contributed by atoms with Crippen molar-refractivity contribution in [3.8, 4) is 17.5 Å². The van der Waals surface area contributed by atoms with Crippen LogP contribution in [0.3, 0.4) is 0 Å². The van der Waals surface area contributed by atoms with Gasteiger partial charge in [0.15, 0.2) is 0 Å². The Morgan fingerprint density at radius 1 is 1.23 bits per heavy atom. The van der Waals surface area contributed by atoms with E-state index in [0.29, 0.717) is 24.7 Å². The van der Waals surface area contributed by atoms with Gasteiger partial charge in [-0.2, -0.15) is 5.26 Å². The molecule has 0 N–H and O–H groups in total. The Kier molecular flexibility index (Phi) is 5.40. The number of hydrogen-bond donors (Lipinski definition) is 0. The largest absolute Gasteiger partial charge is 0.431 e. The molecule has 0 unspecified atom stereocenters. The highest BCUT2D eigenvalue weighted by Gasteiger charge is 2.24. The molecule has 0 fully saturated rings. The highest BCUT2D eigenvalue weighted by Crippen LogP contribution is 2.23. The van der Waals surface area contributed by atoms with Crippen molar-refractivity contribution in [3.05, 3.63) is 71.9 Å². The van der Waals surface area contributed by atoms with E-state index in [1.165, 1.54) is 0 Å². The predicted molar refractivity (Wildman–Crippen MR) is 95.9 cm³/mol. The molecule has 0 saturated carbocycles. The molecular weight excluding hydrogens is 328 g/mol. The van der Waals surface area contributed by atoms with Gasteiger partial charge in [0.1, 0.15) is 0 Å². The number of rotatable bonds is 6. The van der Waals surface area contributed by atoms with E-state index in [1.807, 2.05) is 42.5 Å². The van der Waals surface area contributed by atoms with Gasteiger partial charge in [-0.3, -0.25) is 9.78 Å². The monoisotopic (exact) mass is 346 g/mol. The third-order valence-electron chi connectivity index (χ3n) is 3.89. The average molecular weight is 346 g/mol.